The fourth-order valence-electron chi connectivity index (χ4n) is 2.90. The van der Waals surface area contributed by atoms with Crippen molar-refractivity contribution in [3.05, 3.63) is 83.4 Å². The van der Waals surface area contributed by atoms with E-state index in [1.54, 1.807) is 23.9 Å². The van der Waals surface area contributed by atoms with E-state index >= 15 is 0 Å². The van der Waals surface area contributed by atoms with Crippen LogP contribution in [-0.2, 0) is 10.0 Å². The number of amides is 1. The average molecular weight is 501 g/mol. The molecule has 4 rings (SSSR count). The molecule has 0 radical (unpaired) electrons. The topological polar surface area (TPSA) is 114 Å². The normalized spacial score (nSPS) is 11.2. The Morgan fingerprint density at radius 2 is 1.76 bits per heavy atom. The molecule has 0 aliphatic heterocycles. The van der Waals surface area contributed by atoms with Crippen molar-refractivity contribution in [2.24, 2.45) is 0 Å². The predicted molar refractivity (Wildman–Crippen MR) is 128 cm³/mol. The van der Waals surface area contributed by atoms with Crippen molar-refractivity contribution in [1.29, 1.82) is 0 Å². The van der Waals surface area contributed by atoms with Crippen molar-refractivity contribution < 1.29 is 17.6 Å². The number of thioether (sulfide) groups is 1. The highest BCUT2D eigenvalue weighted by Gasteiger charge is 2.20. The molecule has 0 aliphatic rings. The number of anilines is 2. The monoisotopic (exact) mass is 500 g/mol. The lowest BCUT2D eigenvalue weighted by Crippen LogP contribution is -2.18. The lowest BCUT2D eigenvalue weighted by Gasteiger charge is -2.12. The molecular formula is C22H17ClN4O4S2. The van der Waals surface area contributed by atoms with Gasteiger partial charge in [0.25, 0.3) is 15.9 Å². The highest BCUT2D eigenvalue weighted by Crippen LogP contribution is 2.26. The molecular weight excluding hydrogens is 484 g/mol. The third kappa shape index (κ3) is 5.36. The van der Waals surface area contributed by atoms with Crippen LogP contribution in [0.3, 0.4) is 0 Å². The van der Waals surface area contributed by atoms with Gasteiger partial charge < -0.3 is 4.42 Å². The lowest BCUT2D eigenvalue weighted by molar-refractivity contribution is 0.102. The number of halogens is 1. The molecule has 1 aromatic heterocycles. The van der Waals surface area contributed by atoms with Crippen LogP contribution in [0.15, 0.2) is 87.0 Å². The smallest absolute Gasteiger partial charge is 0.322 e. The molecule has 11 heteroatoms. The van der Waals surface area contributed by atoms with Gasteiger partial charge in [-0.1, -0.05) is 34.9 Å². The minimum atomic E-state index is -3.94. The SMILES string of the molecule is CSc1cccc(-c2nnc(NC(=O)c3ccccc3NS(=O)(=O)c3ccc(Cl)cc3)o2)c1. The highest BCUT2D eigenvalue weighted by atomic mass is 35.5. The average Bonchev–Trinajstić information content (AvgIpc) is 3.28. The summed E-state index contributed by atoms with van der Waals surface area (Å²) >= 11 is 7.41. The lowest BCUT2D eigenvalue weighted by atomic mass is 10.2. The van der Waals surface area contributed by atoms with Crippen molar-refractivity contribution in [3.8, 4) is 11.5 Å². The van der Waals surface area contributed by atoms with E-state index in [0.717, 1.165) is 4.90 Å². The molecule has 0 atom stereocenters. The van der Waals surface area contributed by atoms with E-state index in [1.807, 2.05) is 30.5 Å². The zero-order valence-corrected chi connectivity index (χ0v) is 19.5. The maximum Gasteiger partial charge on any atom is 0.322 e. The van der Waals surface area contributed by atoms with Gasteiger partial charge in [0.15, 0.2) is 0 Å². The predicted octanol–water partition coefficient (Wildman–Crippen LogP) is 5.17. The van der Waals surface area contributed by atoms with Crippen molar-refractivity contribution in [3.63, 3.8) is 0 Å². The van der Waals surface area contributed by atoms with Gasteiger partial charge in [0, 0.05) is 15.5 Å². The molecule has 4 aromatic rings. The van der Waals surface area contributed by atoms with Crippen LogP contribution in [0.2, 0.25) is 5.02 Å². The number of sulfonamides is 1. The summed E-state index contributed by atoms with van der Waals surface area (Å²) in [5.41, 5.74) is 0.891. The summed E-state index contributed by atoms with van der Waals surface area (Å²) in [5.74, 6) is -0.365. The van der Waals surface area contributed by atoms with Gasteiger partial charge in [0.05, 0.1) is 16.1 Å². The molecule has 0 fully saturated rings. The third-order valence-corrected chi connectivity index (χ3v) is 6.86. The van der Waals surface area contributed by atoms with E-state index < -0.39 is 15.9 Å². The zero-order chi connectivity index (χ0) is 23.4. The van der Waals surface area contributed by atoms with E-state index in [-0.39, 0.29) is 28.1 Å². The molecule has 0 aliphatic carbocycles. The first-order valence-electron chi connectivity index (χ1n) is 9.52. The second-order valence-corrected chi connectivity index (χ2v) is 9.70. The van der Waals surface area contributed by atoms with Crippen LogP contribution < -0.4 is 10.0 Å². The van der Waals surface area contributed by atoms with Crippen molar-refractivity contribution in [1.82, 2.24) is 10.2 Å². The summed E-state index contributed by atoms with van der Waals surface area (Å²) in [5, 5.41) is 10.8. The molecule has 0 unspecified atom stereocenters. The Morgan fingerprint density at radius 3 is 2.52 bits per heavy atom. The fraction of sp³-hybridized carbons (Fsp3) is 0.0455. The first kappa shape index (κ1) is 22.8. The van der Waals surface area contributed by atoms with Gasteiger partial charge in [0.2, 0.25) is 5.89 Å². The van der Waals surface area contributed by atoms with Gasteiger partial charge >= 0.3 is 6.01 Å². The van der Waals surface area contributed by atoms with E-state index in [9.17, 15) is 13.2 Å². The standard InChI is InChI=1S/C22H17ClN4O4S2/c1-32-16-6-4-5-14(13-16)21-25-26-22(31-21)24-20(28)18-7-2-3-8-19(18)27-33(29,30)17-11-9-15(23)10-12-17/h2-13,27H,1H3,(H,24,26,28). The number of aromatic nitrogens is 2. The van der Waals surface area contributed by atoms with Gasteiger partial charge in [-0.05, 0) is 60.9 Å². The number of benzene rings is 3. The number of hydrogen-bond donors (Lipinski definition) is 2. The van der Waals surface area contributed by atoms with Crippen LogP contribution >= 0.6 is 23.4 Å². The van der Waals surface area contributed by atoms with Crippen LogP contribution in [0, 0.1) is 0 Å². The highest BCUT2D eigenvalue weighted by molar-refractivity contribution is 7.98. The number of rotatable bonds is 7. The second kappa shape index (κ2) is 9.65. The Labute approximate surface area is 199 Å². The van der Waals surface area contributed by atoms with Gasteiger partial charge in [-0.2, -0.15) is 0 Å². The maximum atomic E-state index is 12.9. The Morgan fingerprint density at radius 1 is 1.00 bits per heavy atom. The first-order valence-corrected chi connectivity index (χ1v) is 12.6. The molecule has 0 spiro atoms. The molecule has 3 aromatic carbocycles. The Kier molecular flexibility index (Phi) is 6.68. The zero-order valence-electron chi connectivity index (χ0n) is 17.2. The molecule has 0 bridgehead atoms. The molecule has 0 saturated carbocycles. The summed E-state index contributed by atoms with van der Waals surface area (Å²) in [6.45, 7) is 0. The molecule has 1 heterocycles. The fourth-order valence-corrected chi connectivity index (χ4v) is 4.56. The molecule has 2 N–H and O–H groups in total. The summed E-state index contributed by atoms with van der Waals surface area (Å²) in [6.07, 6.45) is 1.96. The number of carbonyl (C=O) groups is 1. The molecule has 8 nitrogen and oxygen atoms in total. The number of nitrogens with one attached hydrogen (secondary N) is 2. The van der Waals surface area contributed by atoms with E-state index in [0.29, 0.717) is 10.6 Å². The molecule has 1 amide bonds. The van der Waals surface area contributed by atoms with E-state index in [2.05, 4.69) is 20.2 Å². The number of nitrogens with zero attached hydrogens (tertiary/aromatic N) is 2. The molecule has 33 heavy (non-hydrogen) atoms. The molecule has 0 saturated heterocycles. The van der Waals surface area contributed by atoms with Gasteiger partial charge in [0.1, 0.15) is 0 Å². The van der Waals surface area contributed by atoms with Gasteiger partial charge in [-0.3, -0.25) is 14.8 Å². The Bertz CT molecular complexity index is 1410. The number of para-hydroxylation sites is 1. The van der Waals surface area contributed by atoms with Gasteiger partial charge in [-0.25, -0.2) is 8.42 Å². The maximum absolute atomic E-state index is 12.9. The van der Waals surface area contributed by atoms with Crippen LogP contribution in [0.5, 0.6) is 0 Å². The van der Waals surface area contributed by atoms with Crippen molar-refractivity contribution >= 4 is 51.0 Å². The summed E-state index contributed by atoms with van der Waals surface area (Å²) in [6, 6.07) is 19.3. The largest absolute Gasteiger partial charge is 0.403 e. The first-order chi connectivity index (χ1) is 15.9. The van der Waals surface area contributed by atoms with Crippen LogP contribution in [-0.4, -0.2) is 30.8 Å². The van der Waals surface area contributed by atoms with Gasteiger partial charge in [-0.15, -0.1) is 16.9 Å². The number of carbonyl (C=O) groups excluding carboxylic acids is 1. The van der Waals surface area contributed by atoms with Crippen LogP contribution in [0.25, 0.3) is 11.5 Å². The summed E-state index contributed by atoms with van der Waals surface area (Å²) in [4.78, 5) is 13.9. The molecule has 168 valence electrons. The quantitative estimate of drug-likeness (QED) is 0.336. The second-order valence-electron chi connectivity index (χ2n) is 6.70. The number of hydrogen-bond acceptors (Lipinski definition) is 7. The Hall–Kier alpha value is -3.34. The summed E-state index contributed by atoms with van der Waals surface area (Å²) in [7, 11) is -3.94. The third-order valence-electron chi connectivity index (χ3n) is 4.50. The minimum Gasteiger partial charge on any atom is -0.403 e. The van der Waals surface area contributed by atoms with Crippen molar-refractivity contribution in [2.75, 3.05) is 16.3 Å². The minimum absolute atomic E-state index is 0.0103. The van der Waals surface area contributed by atoms with Crippen LogP contribution in [0.1, 0.15) is 10.4 Å². The van der Waals surface area contributed by atoms with Crippen molar-refractivity contribution in [2.45, 2.75) is 9.79 Å². The van der Waals surface area contributed by atoms with E-state index in [4.69, 9.17) is 16.0 Å². The Balaban J connectivity index is 1.54. The summed E-state index contributed by atoms with van der Waals surface area (Å²) < 4.78 is 33.5. The van der Waals surface area contributed by atoms with E-state index in [1.165, 1.54) is 36.4 Å². The van der Waals surface area contributed by atoms with Crippen LogP contribution in [0.4, 0.5) is 11.7 Å².